The molecule has 90 valence electrons. The van der Waals surface area contributed by atoms with Crippen molar-refractivity contribution < 1.29 is 9.50 Å². The van der Waals surface area contributed by atoms with Crippen LogP contribution in [0.25, 0.3) is 0 Å². The molecule has 0 fully saturated rings. The second kappa shape index (κ2) is 5.75. The van der Waals surface area contributed by atoms with Crippen LogP contribution in [0.15, 0.2) is 22.7 Å². The molecule has 0 saturated carbocycles. The van der Waals surface area contributed by atoms with Crippen LogP contribution in [0.1, 0.15) is 18.9 Å². The molecule has 4 heteroatoms. The molecule has 16 heavy (non-hydrogen) atoms. The lowest BCUT2D eigenvalue weighted by molar-refractivity contribution is 0.0512. The first-order valence-electron chi connectivity index (χ1n) is 5.25. The molecule has 0 aliphatic carbocycles. The van der Waals surface area contributed by atoms with Crippen LogP contribution < -0.4 is 5.32 Å². The summed E-state index contributed by atoms with van der Waals surface area (Å²) in [6.45, 7) is 2.44. The van der Waals surface area contributed by atoms with Crippen molar-refractivity contribution in [2.75, 3.05) is 13.6 Å². The van der Waals surface area contributed by atoms with Crippen LogP contribution in [0.5, 0.6) is 0 Å². The Morgan fingerprint density at radius 2 is 2.19 bits per heavy atom. The van der Waals surface area contributed by atoms with Gasteiger partial charge in [-0.1, -0.05) is 22.0 Å². The maximum Gasteiger partial charge on any atom is 0.127 e. The Kier molecular flexibility index (Phi) is 4.89. The van der Waals surface area contributed by atoms with E-state index in [0.29, 0.717) is 29.4 Å². The number of nitrogens with one attached hydrogen (secondary N) is 1. The van der Waals surface area contributed by atoms with Crippen molar-refractivity contribution in [1.82, 2.24) is 5.32 Å². The Morgan fingerprint density at radius 1 is 1.50 bits per heavy atom. The normalized spacial score (nSPS) is 14.8. The van der Waals surface area contributed by atoms with Crippen molar-refractivity contribution in [2.45, 2.75) is 25.4 Å². The fourth-order valence-corrected chi connectivity index (χ4v) is 1.89. The first kappa shape index (κ1) is 13.6. The van der Waals surface area contributed by atoms with Crippen molar-refractivity contribution in [1.29, 1.82) is 0 Å². The maximum atomic E-state index is 13.5. The van der Waals surface area contributed by atoms with Crippen LogP contribution in [-0.2, 0) is 6.42 Å². The number of benzene rings is 1. The standard InChI is InChI=1S/C12H17BrFNO/c1-12(16,5-6-15-2)8-9-3-4-10(13)7-11(9)14/h3-4,7,15-16H,5-6,8H2,1-2H3. The third-order valence-electron chi connectivity index (χ3n) is 2.50. The SMILES string of the molecule is CNCCC(C)(O)Cc1ccc(Br)cc1F. The first-order chi connectivity index (χ1) is 7.44. The summed E-state index contributed by atoms with van der Waals surface area (Å²) >= 11 is 3.21. The smallest absolute Gasteiger partial charge is 0.127 e. The predicted octanol–water partition coefficient (Wildman–Crippen LogP) is 2.49. The average molecular weight is 290 g/mol. The average Bonchev–Trinajstić information content (AvgIpc) is 2.19. The lowest BCUT2D eigenvalue weighted by Crippen LogP contribution is -2.31. The molecule has 1 unspecified atom stereocenters. The van der Waals surface area contributed by atoms with E-state index in [-0.39, 0.29) is 5.82 Å². The van der Waals surface area contributed by atoms with Gasteiger partial charge in [0.1, 0.15) is 5.82 Å². The summed E-state index contributed by atoms with van der Waals surface area (Å²) in [6, 6.07) is 4.91. The number of aliphatic hydroxyl groups is 1. The number of rotatable bonds is 5. The monoisotopic (exact) mass is 289 g/mol. The summed E-state index contributed by atoms with van der Waals surface area (Å²) in [5.41, 5.74) is -0.332. The molecule has 1 aromatic carbocycles. The molecule has 0 heterocycles. The lowest BCUT2D eigenvalue weighted by Gasteiger charge is -2.23. The van der Waals surface area contributed by atoms with Crippen LogP contribution in [0, 0.1) is 5.82 Å². The molecule has 0 saturated heterocycles. The quantitative estimate of drug-likeness (QED) is 0.873. The van der Waals surface area contributed by atoms with Crippen LogP contribution >= 0.6 is 15.9 Å². The molecule has 0 spiro atoms. The van der Waals surface area contributed by atoms with E-state index in [1.807, 2.05) is 7.05 Å². The maximum absolute atomic E-state index is 13.5. The van der Waals surface area contributed by atoms with Gasteiger partial charge < -0.3 is 10.4 Å². The first-order valence-corrected chi connectivity index (χ1v) is 6.05. The molecule has 1 atom stereocenters. The van der Waals surface area contributed by atoms with Crippen LogP contribution in [0.2, 0.25) is 0 Å². The Labute approximate surface area is 104 Å². The van der Waals surface area contributed by atoms with Gasteiger partial charge in [-0.2, -0.15) is 0 Å². The summed E-state index contributed by atoms with van der Waals surface area (Å²) < 4.78 is 14.3. The van der Waals surface area contributed by atoms with Crippen LogP contribution in [-0.4, -0.2) is 24.3 Å². The van der Waals surface area contributed by atoms with E-state index in [1.54, 1.807) is 19.1 Å². The third-order valence-corrected chi connectivity index (χ3v) is 2.99. The van der Waals surface area contributed by atoms with Gasteiger partial charge in [-0.15, -0.1) is 0 Å². The molecule has 1 aromatic rings. The highest BCUT2D eigenvalue weighted by molar-refractivity contribution is 9.10. The molecule has 0 aliphatic rings. The highest BCUT2D eigenvalue weighted by Gasteiger charge is 2.21. The summed E-state index contributed by atoms with van der Waals surface area (Å²) in [5.74, 6) is -0.279. The van der Waals surface area contributed by atoms with Crippen molar-refractivity contribution in [3.63, 3.8) is 0 Å². The molecule has 0 bridgehead atoms. The summed E-state index contributed by atoms with van der Waals surface area (Å²) in [7, 11) is 1.83. The zero-order chi connectivity index (χ0) is 12.2. The van der Waals surface area contributed by atoms with Crippen LogP contribution in [0.3, 0.4) is 0 Å². The Bertz CT molecular complexity index is 355. The fraction of sp³-hybridized carbons (Fsp3) is 0.500. The predicted molar refractivity (Wildman–Crippen MR) is 67.0 cm³/mol. The molecule has 0 amide bonds. The second-order valence-corrected chi connectivity index (χ2v) is 5.18. The largest absolute Gasteiger partial charge is 0.390 e. The minimum Gasteiger partial charge on any atom is -0.390 e. The van der Waals surface area contributed by atoms with Crippen molar-refractivity contribution in [2.24, 2.45) is 0 Å². The number of hydrogen-bond acceptors (Lipinski definition) is 2. The van der Waals surface area contributed by atoms with Crippen molar-refractivity contribution in [3.8, 4) is 0 Å². The Morgan fingerprint density at radius 3 is 2.75 bits per heavy atom. The second-order valence-electron chi connectivity index (χ2n) is 4.26. The van der Waals surface area contributed by atoms with E-state index in [1.165, 1.54) is 6.07 Å². The van der Waals surface area contributed by atoms with Gasteiger partial charge in [0.25, 0.3) is 0 Å². The molecular formula is C12H17BrFNO. The molecule has 1 rings (SSSR count). The molecule has 2 N–H and O–H groups in total. The van der Waals surface area contributed by atoms with Gasteiger partial charge in [0.05, 0.1) is 5.60 Å². The van der Waals surface area contributed by atoms with Gasteiger partial charge in [0.2, 0.25) is 0 Å². The van der Waals surface area contributed by atoms with E-state index in [2.05, 4.69) is 21.2 Å². The van der Waals surface area contributed by atoms with Gasteiger partial charge in [-0.05, 0) is 44.6 Å². The van der Waals surface area contributed by atoms with E-state index >= 15 is 0 Å². The van der Waals surface area contributed by atoms with Crippen molar-refractivity contribution in [3.05, 3.63) is 34.1 Å². The molecule has 0 aliphatic heterocycles. The summed E-state index contributed by atoms with van der Waals surface area (Å²) in [4.78, 5) is 0. The summed E-state index contributed by atoms with van der Waals surface area (Å²) in [5, 5.41) is 13.0. The van der Waals surface area contributed by atoms with E-state index in [9.17, 15) is 9.50 Å². The van der Waals surface area contributed by atoms with Gasteiger partial charge in [-0.25, -0.2) is 4.39 Å². The van der Waals surface area contributed by atoms with Gasteiger partial charge >= 0.3 is 0 Å². The third kappa shape index (κ3) is 4.20. The van der Waals surface area contributed by atoms with Gasteiger partial charge in [0.15, 0.2) is 0 Å². The minimum absolute atomic E-state index is 0.279. The molecule has 0 aromatic heterocycles. The molecule has 2 nitrogen and oxygen atoms in total. The highest BCUT2D eigenvalue weighted by atomic mass is 79.9. The minimum atomic E-state index is -0.877. The Hall–Kier alpha value is -0.450. The number of halogens is 2. The fourth-order valence-electron chi connectivity index (χ4n) is 1.56. The zero-order valence-electron chi connectivity index (χ0n) is 9.56. The van der Waals surface area contributed by atoms with Gasteiger partial charge in [-0.3, -0.25) is 0 Å². The van der Waals surface area contributed by atoms with E-state index in [0.717, 1.165) is 0 Å². The number of hydrogen-bond donors (Lipinski definition) is 2. The van der Waals surface area contributed by atoms with Crippen LogP contribution in [0.4, 0.5) is 4.39 Å². The lowest BCUT2D eigenvalue weighted by atomic mass is 9.93. The summed E-state index contributed by atoms with van der Waals surface area (Å²) in [6.07, 6.45) is 0.923. The van der Waals surface area contributed by atoms with Crippen molar-refractivity contribution >= 4 is 15.9 Å². The topological polar surface area (TPSA) is 32.3 Å². The zero-order valence-corrected chi connectivity index (χ0v) is 11.1. The molecular weight excluding hydrogens is 273 g/mol. The highest BCUT2D eigenvalue weighted by Crippen LogP contribution is 2.21. The van der Waals surface area contributed by atoms with Gasteiger partial charge in [0, 0.05) is 10.9 Å². The van der Waals surface area contributed by atoms with E-state index < -0.39 is 5.60 Å². The molecule has 0 radical (unpaired) electrons. The van der Waals surface area contributed by atoms with E-state index in [4.69, 9.17) is 0 Å². The Balaban J connectivity index is 2.71.